The summed E-state index contributed by atoms with van der Waals surface area (Å²) >= 11 is 5.86. The van der Waals surface area contributed by atoms with E-state index < -0.39 is 23.8 Å². The van der Waals surface area contributed by atoms with E-state index in [0.717, 1.165) is 0 Å². The highest BCUT2D eigenvalue weighted by molar-refractivity contribution is 6.30. The van der Waals surface area contributed by atoms with Crippen LogP contribution in [-0.2, 0) is 16.1 Å². The van der Waals surface area contributed by atoms with E-state index in [4.69, 9.17) is 16.1 Å². The van der Waals surface area contributed by atoms with E-state index in [0.29, 0.717) is 27.7 Å². The molecular formula is C20H16ClN5O4. The summed E-state index contributed by atoms with van der Waals surface area (Å²) < 4.78 is 5.18. The highest BCUT2D eigenvalue weighted by Crippen LogP contribution is 2.20. The molecule has 1 aromatic heterocycles. The first-order valence-corrected chi connectivity index (χ1v) is 9.43. The normalized spacial score (nSPS) is 15.6. The summed E-state index contributed by atoms with van der Waals surface area (Å²) in [6.45, 7) is 0.0123. The molecule has 4 rings (SSSR count). The lowest BCUT2D eigenvalue weighted by Gasteiger charge is -2.13. The number of nitrogens with one attached hydrogen (secondary N) is 3. The fourth-order valence-electron chi connectivity index (χ4n) is 2.93. The number of hydrogen-bond acceptors (Lipinski definition) is 6. The molecule has 0 fully saturated rings. The molecule has 3 N–H and O–H groups in total. The molecule has 3 amide bonds. The van der Waals surface area contributed by atoms with Crippen LogP contribution in [0.1, 0.15) is 22.6 Å². The summed E-state index contributed by atoms with van der Waals surface area (Å²) in [6, 6.07) is 12.5. The molecule has 30 heavy (non-hydrogen) atoms. The van der Waals surface area contributed by atoms with E-state index in [1.807, 2.05) is 0 Å². The molecule has 10 heteroatoms. The highest BCUT2D eigenvalue weighted by atomic mass is 35.5. The lowest BCUT2D eigenvalue weighted by atomic mass is 10.1. The third-order valence-electron chi connectivity index (χ3n) is 4.44. The van der Waals surface area contributed by atoms with Crippen LogP contribution in [0.5, 0.6) is 0 Å². The number of carbonyl (C=O) groups excluding carboxylic acids is 3. The standard InChI is InChI=1S/C20H16ClN5O4/c21-12-7-5-11(6-8-12)20-25-16(26-30-20)10-22-17(27)9-15-19(29)23-14-4-2-1-3-13(14)18(28)24-15/h1-8,15H,9-10H2,(H,22,27)(H,23,29)(H,24,28). The second-order valence-electron chi connectivity index (χ2n) is 6.56. The molecule has 1 aliphatic rings. The van der Waals surface area contributed by atoms with Gasteiger partial charge in [0.2, 0.25) is 11.8 Å². The predicted molar refractivity (Wildman–Crippen MR) is 108 cm³/mol. The Morgan fingerprint density at radius 2 is 1.90 bits per heavy atom. The van der Waals surface area contributed by atoms with Gasteiger partial charge in [-0.2, -0.15) is 4.98 Å². The number of nitrogens with zero attached hydrogens (tertiary/aromatic N) is 2. The molecule has 1 aliphatic heterocycles. The van der Waals surface area contributed by atoms with Crippen molar-refractivity contribution in [2.75, 3.05) is 5.32 Å². The Balaban J connectivity index is 1.35. The van der Waals surface area contributed by atoms with Gasteiger partial charge in [-0.1, -0.05) is 28.9 Å². The van der Waals surface area contributed by atoms with Crippen molar-refractivity contribution in [3.8, 4) is 11.5 Å². The number of anilines is 1. The number of carbonyl (C=O) groups is 3. The lowest BCUT2D eigenvalue weighted by Crippen LogP contribution is -2.44. The zero-order valence-electron chi connectivity index (χ0n) is 15.5. The van der Waals surface area contributed by atoms with Gasteiger partial charge in [0.15, 0.2) is 5.82 Å². The van der Waals surface area contributed by atoms with Crippen LogP contribution in [0, 0.1) is 0 Å². The molecule has 1 atom stereocenters. The molecule has 0 saturated heterocycles. The van der Waals surface area contributed by atoms with E-state index in [2.05, 4.69) is 26.1 Å². The quantitative estimate of drug-likeness (QED) is 0.575. The number of halogens is 1. The average Bonchev–Trinajstić information content (AvgIpc) is 3.17. The first-order valence-electron chi connectivity index (χ1n) is 9.05. The predicted octanol–water partition coefficient (Wildman–Crippen LogP) is 2.15. The van der Waals surface area contributed by atoms with Crippen molar-refractivity contribution in [2.45, 2.75) is 19.0 Å². The van der Waals surface area contributed by atoms with Crippen LogP contribution in [0.25, 0.3) is 11.5 Å². The van der Waals surface area contributed by atoms with Crippen molar-refractivity contribution < 1.29 is 18.9 Å². The monoisotopic (exact) mass is 425 g/mol. The Labute approximate surface area is 175 Å². The largest absolute Gasteiger partial charge is 0.349 e. The molecule has 2 aromatic carbocycles. The van der Waals surface area contributed by atoms with Gasteiger partial charge in [0.1, 0.15) is 6.04 Å². The van der Waals surface area contributed by atoms with Gasteiger partial charge in [-0.3, -0.25) is 14.4 Å². The maximum Gasteiger partial charge on any atom is 0.257 e. The molecular weight excluding hydrogens is 410 g/mol. The van der Waals surface area contributed by atoms with E-state index in [1.165, 1.54) is 0 Å². The minimum absolute atomic E-state index is 0.0123. The lowest BCUT2D eigenvalue weighted by molar-refractivity contribution is -0.125. The van der Waals surface area contributed by atoms with Crippen LogP contribution < -0.4 is 16.0 Å². The Morgan fingerprint density at radius 3 is 2.70 bits per heavy atom. The Kier molecular flexibility index (Phi) is 5.44. The fraction of sp³-hybridized carbons (Fsp3) is 0.150. The first kappa shape index (κ1) is 19.6. The van der Waals surface area contributed by atoms with Crippen molar-refractivity contribution in [3.63, 3.8) is 0 Å². The Bertz CT molecular complexity index is 1110. The van der Waals surface area contributed by atoms with Gasteiger partial charge in [-0.25, -0.2) is 0 Å². The minimum Gasteiger partial charge on any atom is -0.349 e. The molecule has 1 unspecified atom stereocenters. The van der Waals surface area contributed by atoms with E-state index >= 15 is 0 Å². The van der Waals surface area contributed by atoms with Crippen molar-refractivity contribution in [2.24, 2.45) is 0 Å². The molecule has 0 saturated carbocycles. The summed E-state index contributed by atoms with van der Waals surface area (Å²) in [4.78, 5) is 41.2. The van der Waals surface area contributed by atoms with Crippen molar-refractivity contribution >= 4 is 35.0 Å². The molecule has 0 spiro atoms. The number of hydrogen-bond donors (Lipinski definition) is 3. The number of para-hydroxylation sites is 1. The minimum atomic E-state index is -1.00. The van der Waals surface area contributed by atoms with Crippen molar-refractivity contribution in [3.05, 3.63) is 64.9 Å². The number of aromatic nitrogens is 2. The molecule has 0 aliphatic carbocycles. The first-order chi connectivity index (χ1) is 14.5. The van der Waals surface area contributed by atoms with Gasteiger partial charge in [0.05, 0.1) is 24.2 Å². The van der Waals surface area contributed by atoms with Gasteiger partial charge in [0, 0.05) is 10.6 Å². The summed E-state index contributed by atoms with van der Waals surface area (Å²) in [6.07, 6.45) is -0.229. The van der Waals surface area contributed by atoms with Crippen LogP contribution in [0.2, 0.25) is 5.02 Å². The molecule has 0 radical (unpaired) electrons. The molecule has 2 heterocycles. The van der Waals surface area contributed by atoms with Gasteiger partial charge < -0.3 is 20.5 Å². The Morgan fingerprint density at radius 1 is 1.13 bits per heavy atom. The number of amides is 3. The Hall–Kier alpha value is -3.72. The number of fused-ring (bicyclic) bond motifs is 1. The summed E-state index contributed by atoms with van der Waals surface area (Å²) in [5.41, 5.74) is 1.45. The van der Waals surface area contributed by atoms with Crippen LogP contribution in [0.15, 0.2) is 53.1 Å². The van der Waals surface area contributed by atoms with Crippen LogP contribution in [-0.4, -0.2) is 33.9 Å². The average molecular weight is 426 g/mol. The van der Waals surface area contributed by atoms with E-state index in [1.54, 1.807) is 48.5 Å². The SMILES string of the molecule is O=C(CC1NC(=O)c2ccccc2NC1=O)NCc1noc(-c2ccc(Cl)cc2)n1. The molecule has 152 valence electrons. The molecule has 3 aromatic rings. The number of benzene rings is 2. The highest BCUT2D eigenvalue weighted by Gasteiger charge is 2.29. The zero-order valence-corrected chi connectivity index (χ0v) is 16.3. The molecule has 9 nitrogen and oxygen atoms in total. The maximum atomic E-state index is 12.4. The summed E-state index contributed by atoms with van der Waals surface area (Å²) in [5, 5.41) is 12.3. The topological polar surface area (TPSA) is 126 Å². The van der Waals surface area contributed by atoms with Gasteiger partial charge in [-0.15, -0.1) is 0 Å². The summed E-state index contributed by atoms with van der Waals surface area (Å²) in [7, 11) is 0. The van der Waals surface area contributed by atoms with Gasteiger partial charge >= 0.3 is 0 Å². The number of rotatable bonds is 5. The van der Waals surface area contributed by atoms with Gasteiger partial charge in [0.25, 0.3) is 11.8 Å². The smallest absolute Gasteiger partial charge is 0.257 e. The third-order valence-corrected chi connectivity index (χ3v) is 4.70. The van der Waals surface area contributed by atoms with Crippen LogP contribution in [0.4, 0.5) is 5.69 Å². The summed E-state index contributed by atoms with van der Waals surface area (Å²) in [5.74, 6) is -0.765. The third kappa shape index (κ3) is 4.31. The van der Waals surface area contributed by atoms with E-state index in [9.17, 15) is 14.4 Å². The zero-order chi connectivity index (χ0) is 21.1. The second kappa shape index (κ2) is 8.34. The van der Waals surface area contributed by atoms with Gasteiger partial charge in [-0.05, 0) is 36.4 Å². The van der Waals surface area contributed by atoms with Crippen molar-refractivity contribution in [1.29, 1.82) is 0 Å². The van der Waals surface area contributed by atoms with E-state index in [-0.39, 0.29) is 18.8 Å². The fourth-order valence-corrected chi connectivity index (χ4v) is 3.05. The van der Waals surface area contributed by atoms with Crippen LogP contribution in [0.3, 0.4) is 0 Å². The second-order valence-corrected chi connectivity index (χ2v) is 7.00. The van der Waals surface area contributed by atoms with Crippen molar-refractivity contribution in [1.82, 2.24) is 20.8 Å². The molecule has 0 bridgehead atoms. The van der Waals surface area contributed by atoms with Crippen LogP contribution >= 0.6 is 11.6 Å². The maximum absolute atomic E-state index is 12.4.